The van der Waals surface area contributed by atoms with Crippen LogP contribution in [0.1, 0.15) is 13.8 Å². The Kier molecular flexibility index (Phi) is 5.48. The first-order chi connectivity index (χ1) is 12.9. The lowest BCUT2D eigenvalue weighted by Gasteiger charge is -2.38. The average molecular weight is 392 g/mol. The van der Waals surface area contributed by atoms with Gasteiger partial charge in [0.25, 0.3) is 0 Å². The highest BCUT2D eigenvalue weighted by atomic mass is 32.2. The molecule has 6 nitrogen and oxygen atoms in total. The minimum atomic E-state index is -3.90. The number of sulfonamides is 1. The van der Waals surface area contributed by atoms with Crippen LogP contribution in [0.3, 0.4) is 0 Å². The van der Waals surface area contributed by atoms with E-state index in [1.807, 2.05) is 13.0 Å². The van der Waals surface area contributed by atoms with Crippen LogP contribution in [0, 0.1) is 5.82 Å². The number of carbonyl (C=O) groups is 1. The quantitative estimate of drug-likeness (QED) is 0.785. The second-order valence-corrected chi connectivity index (χ2v) is 8.03. The molecule has 1 saturated heterocycles. The van der Waals surface area contributed by atoms with E-state index in [0.29, 0.717) is 18.0 Å². The smallest absolute Gasteiger partial charge is 0.245 e. The molecule has 1 fully saturated rings. The van der Waals surface area contributed by atoms with Crippen LogP contribution < -0.4 is 9.64 Å². The van der Waals surface area contributed by atoms with Crippen molar-refractivity contribution in [1.82, 2.24) is 4.31 Å². The molecular formula is C19H21FN2O4S. The van der Waals surface area contributed by atoms with Crippen LogP contribution in [0.5, 0.6) is 5.75 Å². The average Bonchev–Trinajstić information content (AvgIpc) is 2.65. The van der Waals surface area contributed by atoms with Gasteiger partial charge in [-0.25, -0.2) is 12.8 Å². The molecule has 27 heavy (non-hydrogen) atoms. The van der Waals surface area contributed by atoms with E-state index in [0.717, 1.165) is 16.4 Å². The summed E-state index contributed by atoms with van der Waals surface area (Å²) in [6.45, 7) is 4.20. The molecule has 0 N–H and O–H groups in total. The first-order valence-corrected chi connectivity index (χ1v) is 10.1. The normalized spacial score (nSPS) is 18.6. The van der Waals surface area contributed by atoms with Crippen molar-refractivity contribution >= 4 is 21.6 Å². The first-order valence-electron chi connectivity index (χ1n) is 8.67. The van der Waals surface area contributed by atoms with E-state index >= 15 is 0 Å². The van der Waals surface area contributed by atoms with Gasteiger partial charge >= 0.3 is 0 Å². The third-order valence-corrected chi connectivity index (χ3v) is 6.46. The molecule has 0 spiro atoms. The molecule has 2 aromatic rings. The zero-order valence-electron chi connectivity index (χ0n) is 15.1. The Morgan fingerprint density at radius 2 is 1.78 bits per heavy atom. The molecule has 1 atom stereocenters. The zero-order valence-corrected chi connectivity index (χ0v) is 15.9. The molecule has 3 rings (SSSR count). The molecule has 1 aliphatic rings. The molecule has 0 aromatic heterocycles. The fraction of sp³-hybridized carbons (Fsp3) is 0.316. The van der Waals surface area contributed by atoms with Gasteiger partial charge in [0, 0.05) is 13.1 Å². The van der Waals surface area contributed by atoms with Gasteiger partial charge < -0.3 is 9.64 Å². The first kappa shape index (κ1) is 19.3. The van der Waals surface area contributed by atoms with Crippen LogP contribution in [0.25, 0.3) is 0 Å². The molecule has 1 heterocycles. The van der Waals surface area contributed by atoms with Crippen molar-refractivity contribution in [3.05, 3.63) is 54.3 Å². The summed E-state index contributed by atoms with van der Waals surface area (Å²) in [4.78, 5) is 14.4. The fourth-order valence-electron chi connectivity index (χ4n) is 3.12. The molecule has 0 saturated carbocycles. The van der Waals surface area contributed by atoms with Crippen molar-refractivity contribution in [3.8, 4) is 5.75 Å². The Labute approximate surface area is 158 Å². The number of para-hydroxylation sites is 2. The number of piperazine rings is 1. The maximum atomic E-state index is 13.1. The summed E-state index contributed by atoms with van der Waals surface area (Å²) >= 11 is 0. The lowest BCUT2D eigenvalue weighted by Crippen LogP contribution is -2.57. The highest BCUT2D eigenvalue weighted by molar-refractivity contribution is 7.89. The number of benzene rings is 2. The van der Waals surface area contributed by atoms with Crippen molar-refractivity contribution < 1.29 is 22.3 Å². The van der Waals surface area contributed by atoms with E-state index in [1.54, 1.807) is 30.0 Å². The van der Waals surface area contributed by atoms with E-state index in [1.165, 1.54) is 12.1 Å². The fourth-order valence-corrected chi connectivity index (χ4v) is 4.70. The van der Waals surface area contributed by atoms with Gasteiger partial charge in [0.05, 0.1) is 17.2 Å². The van der Waals surface area contributed by atoms with Crippen LogP contribution in [0.4, 0.5) is 10.1 Å². The largest absolute Gasteiger partial charge is 0.492 e. The topological polar surface area (TPSA) is 66.9 Å². The monoisotopic (exact) mass is 392 g/mol. The Balaban J connectivity index is 1.88. The van der Waals surface area contributed by atoms with E-state index < -0.39 is 21.9 Å². The van der Waals surface area contributed by atoms with Gasteiger partial charge in [0.2, 0.25) is 15.9 Å². The molecule has 0 aliphatic carbocycles. The lowest BCUT2D eigenvalue weighted by molar-refractivity contribution is -0.123. The van der Waals surface area contributed by atoms with E-state index in [4.69, 9.17) is 4.74 Å². The van der Waals surface area contributed by atoms with Crippen molar-refractivity contribution in [2.75, 3.05) is 24.6 Å². The third kappa shape index (κ3) is 3.68. The van der Waals surface area contributed by atoms with E-state index in [-0.39, 0.29) is 23.9 Å². The number of nitrogens with zero attached hydrogens (tertiary/aromatic N) is 2. The summed E-state index contributed by atoms with van der Waals surface area (Å²) in [5.74, 6) is -0.273. The van der Waals surface area contributed by atoms with Crippen molar-refractivity contribution in [1.29, 1.82) is 0 Å². The predicted octanol–water partition coefficient (Wildman–Crippen LogP) is 2.65. The van der Waals surface area contributed by atoms with Crippen LogP contribution in [-0.4, -0.2) is 44.4 Å². The number of ether oxygens (including phenoxy) is 1. The van der Waals surface area contributed by atoms with Gasteiger partial charge in [-0.15, -0.1) is 0 Å². The van der Waals surface area contributed by atoms with Crippen molar-refractivity contribution in [2.45, 2.75) is 24.8 Å². The Morgan fingerprint density at radius 3 is 2.44 bits per heavy atom. The molecule has 0 radical (unpaired) electrons. The molecule has 0 bridgehead atoms. The van der Waals surface area contributed by atoms with Gasteiger partial charge in [0.15, 0.2) is 0 Å². The predicted molar refractivity (Wildman–Crippen MR) is 99.7 cm³/mol. The van der Waals surface area contributed by atoms with Gasteiger partial charge in [0.1, 0.15) is 17.6 Å². The van der Waals surface area contributed by atoms with Crippen molar-refractivity contribution in [2.24, 2.45) is 0 Å². The summed E-state index contributed by atoms with van der Waals surface area (Å²) in [6.07, 6.45) is 0. The second-order valence-electron chi connectivity index (χ2n) is 6.14. The third-order valence-electron chi connectivity index (χ3n) is 4.48. The Hall–Kier alpha value is -2.45. The molecule has 144 valence electrons. The SMILES string of the molecule is CCOc1ccccc1N1CCN(S(=O)(=O)c2ccc(F)cc2)C(C)C1=O. The van der Waals surface area contributed by atoms with E-state index in [2.05, 4.69) is 0 Å². The standard InChI is InChI=1S/C19H21FN2O4S/c1-3-26-18-7-5-4-6-17(18)21-12-13-22(14(2)19(21)23)27(24,25)16-10-8-15(20)9-11-16/h4-11,14H,3,12-13H2,1-2H3. The number of amides is 1. The van der Waals surface area contributed by atoms with Crippen molar-refractivity contribution in [3.63, 3.8) is 0 Å². The number of hydrogen-bond acceptors (Lipinski definition) is 4. The highest BCUT2D eigenvalue weighted by Gasteiger charge is 2.40. The minimum absolute atomic E-state index is 0.0354. The van der Waals surface area contributed by atoms with Crippen LogP contribution in [0.2, 0.25) is 0 Å². The van der Waals surface area contributed by atoms with Gasteiger partial charge in [-0.3, -0.25) is 4.79 Å². The number of carbonyl (C=O) groups excluding carboxylic acids is 1. The van der Waals surface area contributed by atoms with E-state index in [9.17, 15) is 17.6 Å². The van der Waals surface area contributed by atoms with Gasteiger partial charge in [-0.1, -0.05) is 12.1 Å². The molecule has 1 aliphatic heterocycles. The molecule has 1 unspecified atom stereocenters. The van der Waals surface area contributed by atoms with Crippen LogP contribution in [0.15, 0.2) is 53.4 Å². The maximum Gasteiger partial charge on any atom is 0.245 e. The molecule has 1 amide bonds. The van der Waals surface area contributed by atoms with Crippen LogP contribution in [-0.2, 0) is 14.8 Å². The Morgan fingerprint density at radius 1 is 1.11 bits per heavy atom. The molecule has 8 heteroatoms. The van der Waals surface area contributed by atoms with Crippen LogP contribution >= 0.6 is 0 Å². The lowest BCUT2D eigenvalue weighted by atomic mass is 10.2. The zero-order chi connectivity index (χ0) is 19.6. The molecule has 2 aromatic carbocycles. The summed E-state index contributed by atoms with van der Waals surface area (Å²) in [5, 5.41) is 0. The number of rotatable bonds is 5. The maximum absolute atomic E-state index is 13.1. The minimum Gasteiger partial charge on any atom is -0.492 e. The highest BCUT2D eigenvalue weighted by Crippen LogP contribution is 2.32. The molecular weight excluding hydrogens is 371 g/mol. The summed E-state index contributed by atoms with van der Waals surface area (Å²) in [5.41, 5.74) is 0.620. The summed E-state index contributed by atoms with van der Waals surface area (Å²) < 4.78 is 45.6. The summed E-state index contributed by atoms with van der Waals surface area (Å²) in [6, 6.07) is 10.9. The van der Waals surface area contributed by atoms with Gasteiger partial charge in [-0.2, -0.15) is 4.31 Å². The van der Waals surface area contributed by atoms with Gasteiger partial charge in [-0.05, 0) is 50.2 Å². The number of hydrogen-bond donors (Lipinski definition) is 0. The summed E-state index contributed by atoms with van der Waals surface area (Å²) in [7, 11) is -3.90. The second kappa shape index (κ2) is 7.66. The number of anilines is 1. The number of halogens is 1. The Bertz CT molecular complexity index is 931.